The summed E-state index contributed by atoms with van der Waals surface area (Å²) >= 11 is 0. The third-order valence-electron chi connectivity index (χ3n) is 2.65. The molecule has 106 valence electrons. The summed E-state index contributed by atoms with van der Waals surface area (Å²) in [5, 5.41) is 10.8. The van der Waals surface area contributed by atoms with Gasteiger partial charge in [-0.05, 0) is 17.7 Å². The third kappa shape index (κ3) is 4.34. The Morgan fingerprint density at radius 2 is 2.00 bits per heavy atom. The highest BCUT2D eigenvalue weighted by Gasteiger charge is 2.12. The quantitative estimate of drug-likeness (QED) is 0.852. The van der Waals surface area contributed by atoms with Crippen molar-refractivity contribution in [2.24, 2.45) is 0 Å². The van der Waals surface area contributed by atoms with Gasteiger partial charge < -0.3 is 9.52 Å². The van der Waals surface area contributed by atoms with E-state index in [1.165, 1.54) is 18.6 Å². The standard InChI is InChI=1S/C14H15NO4S/c16-14(13-6-8-19-11-13)10-15-20(17,18)9-7-12-4-2-1-3-5-12/h1-9,11,14-16H,10H2/b9-7+/t14-/m0/s1. The molecule has 0 radical (unpaired) electrons. The minimum Gasteiger partial charge on any atom is -0.472 e. The number of sulfonamides is 1. The summed E-state index contributed by atoms with van der Waals surface area (Å²) in [4.78, 5) is 0. The molecular formula is C14H15NO4S. The first kappa shape index (κ1) is 14.5. The van der Waals surface area contributed by atoms with Gasteiger partial charge in [0.2, 0.25) is 10.0 Å². The van der Waals surface area contributed by atoms with E-state index in [0.29, 0.717) is 5.56 Å². The number of benzene rings is 1. The molecule has 0 aliphatic rings. The van der Waals surface area contributed by atoms with Crippen molar-refractivity contribution in [3.05, 3.63) is 65.5 Å². The Labute approximate surface area is 117 Å². The minimum atomic E-state index is -3.59. The first-order valence-corrected chi connectivity index (χ1v) is 7.54. The summed E-state index contributed by atoms with van der Waals surface area (Å²) in [6, 6.07) is 10.7. The van der Waals surface area contributed by atoms with Crippen LogP contribution in [-0.2, 0) is 10.0 Å². The van der Waals surface area contributed by atoms with Crippen molar-refractivity contribution in [1.82, 2.24) is 4.72 Å². The maximum Gasteiger partial charge on any atom is 0.233 e. The Morgan fingerprint density at radius 1 is 1.25 bits per heavy atom. The van der Waals surface area contributed by atoms with E-state index in [2.05, 4.69) is 4.72 Å². The van der Waals surface area contributed by atoms with Gasteiger partial charge in [0.25, 0.3) is 0 Å². The van der Waals surface area contributed by atoms with Crippen LogP contribution in [0.2, 0.25) is 0 Å². The number of aliphatic hydroxyl groups excluding tert-OH is 1. The largest absolute Gasteiger partial charge is 0.472 e. The molecule has 1 heterocycles. The van der Waals surface area contributed by atoms with Crippen molar-refractivity contribution < 1.29 is 17.9 Å². The molecule has 0 amide bonds. The van der Waals surface area contributed by atoms with Gasteiger partial charge in [-0.25, -0.2) is 13.1 Å². The van der Waals surface area contributed by atoms with Crippen LogP contribution in [0.4, 0.5) is 0 Å². The summed E-state index contributed by atoms with van der Waals surface area (Å²) in [7, 11) is -3.59. The molecule has 0 unspecified atom stereocenters. The SMILES string of the molecule is O=S(=O)(/C=C/c1ccccc1)NC[C@H](O)c1ccoc1. The van der Waals surface area contributed by atoms with E-state index in [0.717, 1.165) is 11.0 Å². The fourth-order valence-corrected chi connectivity index (χ4v) is 2.38. The summed E-state index contributed by atoms with van der Waals surface area (Å²) in [6.45, 7) is -0.110. The second-order valence-corrected chi connectivity index (χ2v) is 5.83. The lowest BCUT2D eigenvalue weighted by molar-refractivity contribution is 0.181. The molecule has 0 fully saturated rings. The van der Waals surface area contributed by atoms with Crippen LogP contribution in [-0.4, -0.2) is 20.1 Å². The second kappa shape index (κ2) is 6.51. The van der Waals surface area contributed by atoms with Crippen LogP contribution in [0.15, 0.2) is 58.7 Å². The van der Waals surface area contributed by atoms with Gasteiger partial charge in [-0.15, -0.1) is 0 Å². The fraction of sp³-hybridized carbons (Fsp3) is 0.143. The van der Waals surface area contributed by atoms with Crippen LogP contribution in [0.25, 0.3) is 6.08 Å². The molecule has 0 saturated heterocycles. The lowest BCUT2D eigenvalue weighted by Gasteiger charge is -2.08. The summed E-state index contributed by atoms with van der Waals surface area (Å²) in [6.07, 6.45) is 3.35. The maximum absolute atomic E-state index is 11.7. The zero-order chi connectivity index (χ0) is 14.4. The van der Waals surface area contributed by atoms with Gasteiger partial charge in [-0.1, -0.05) is 30.3 Å². The number of furan rings is 1. The van der Waals surface area contributed by atoms with Crippen molar-refractivity contribution in [1.29, 1.82) is 0 Å². The predicted octanol–water partition coefficient (Wildman–Crippen LogP) is 1.90. The molecule has 2 N–H and O–H groups in total. The highest BCUT2D eigenvalue weighted by atomic mass is 32.2. The molecule has 0 spiro atoms. The molecule has 2 aromatic rings. The van der Waals surface area contributed by atoms with Crippen LogP contribution in [0.3, 0.4) is 0 Å². The Hall–Kier alpha value is -1.89. The predicted molar refractivity (Wildman–Crippen MR) is 76.1 cm³/mol. The van der Waals surface area contributed by atoms with E-state index in [1.807, 2.05) is 18.2 Å². The van der Waals surface area contributed by atoms with E-state index in [1.54, 1.807) is 18.2 Å². The molecule has 6 heteroatoms. The minimum absolute atomic E-state index is 0.110. The van der Waals surface area contributed by atoms with E-state index in [9.17, 15) is 13.5 Å². The van der Waals surface area contributed by atoms with Gasteiger partial charge in [-0.3, -0.25) is 0 Å². The van der Waals surface area contributed by atoms with Crippen LogP contribution in [0.5, 0.6) is 0 Å². The Morgan fingerprint density at radius 3 is 2.65 bits per heavy atom. The van der Waals surface area contributed by atoms with Crippen LogP contribution < -0.4 is 4.72 Å². The molecule has 1 aromatic heterocycles. The Balaban J connectivity index is 1.93. The lowest BCUT2D eigenvalue weighted by Crippen LogP contribution is -2.26. The first-order chi connectivity index (χ1) is 9.57. The van der Waals surface area contributed by atoms with Gasteiger partial charge in [-0.2, -0.15) is 0 Å². The Kier molecular flexibility index (Phi) is 4.73. The third-order valence-corrected chi connectivity index (χ3v) is 3.71. The average molecular weight is 293 g/mol. The number of hydrogen-bond donors (Lipinski definition) is 2. The zero-order valence-corrected chi connectivity index (χ0v) is 11.5. The van der Waals surface area contributed by atoms with Gasteiger partial charge in [0, 0.05) is 17.5 Å². The normalized spacial score (nSPS) is 13.7. The highest BCUT2D eigenvalue weighted by molar-refractivity contribution is 7.92. The average Bonchev–Trinajstić information content (AvgIpc) is 2.98. The number of nitrogens with one attached hydrogen (secondary N) is 1. The second-order valence-electron chi connectivity index (χ2n) is 4.18. The molecule has 2 rings (SSSR count). The van der Waals surface area contributed by atoms with Gasteiger partial charge in [0.1, 0.15) is 0 Å². The summed E-state index contributed by atoms with van der Waals surface area (Å²) < 4.78 is 30.6. The molecule has 0 aliphatic carbocycles. The number of aliphatic hydroxyl groups is 1. The summed E-state index contributed by atoms with van der Waals surface area (Å²) in [5.74, 6) is 0. The fourth-order valence-electron chi connectivity index (χ4n) is 1.56. The molecule has 1 aromatic carbocycles. The van der Waals surface area contributed by atoms with Crippen molar-refractivity contribution >= 4 is 16.1 Å². The summed E-state index contributed by atoms with van der Waals surface area (Å²) in [5.41, 5.74) is 1.31. The van der Waals surface area contributed by atoms with Crippen molar-refractivity contribution in [2.45, 2.75) is 6.10 Å². The molecule has 0 aliphatic heterocycles. The van der Waals surface area contributed by atoms with Gasteiger partial charge >= 0.3 is 0 Å². The first-order valence-electron chi connectivity index (χ1n) is 6.00. The molecule has 20 heavy (non-hydrogen) atoms. The van der Waals surface area contributed by atoms with E-state index in [-0.39, 0.29) is 6.54 Å². The van der Waals surface area contributed by atoms with E-state index >= 15 is 0 Å². The molecule has 1 atom stereocenters. The smallest absolute Gasteiger partial charge is 0.233 e. The highest BCUT2D eigenvalue weighted by Crippen LogP contribution is 2.12. The van der Waals surface area contributed by atoms with E-state index in [4.69, 9.17) is 4.42 Å². The maximum atomic E-state index is 11.7. The lowest BCUT2D eigenvalue weighted by atomic mass is 10.2. The van der Waals surface area contributed by atoms with Crippen molar-refractivity contribution in [3.8, 4) is 0 Å². The monoisotopic (exact) mass is 293 g/mol. The van der Waals surface area contributed by atoms with Crippen molar-refractivity contribution in [3.63, 3.8) is 0 Å². The Bertz CT molecular complexity index is 648. The van der Waals surface area contributed by atoms with Gasteiger partial charge in [0.15, 0.2) is 0 Å². The van der Waals surface area contributed by atoms with Gasteiger partial charge in [0.05, 0.1) is 18.6 Å². The van der Waals surface area contributed by atoms with E-state index < -0.39 is 16.1 Å². The van der Waals surface area contributed by atoms with Crippen molar-refractivity contribution in [2.75, 3.05) is 6.54 Å². The van der Waals surface area contributed by atoms with Crippen LogP contribution in [0, 0.1) is 0 Å². The number of hydrogen-bond acceptors (Lipinski definition) is 4. The molecule has 5 nitrogen and oxygen atoms in total. The molecule has 0 bridgehead atoms. The van der Waals surface area contributed by atoms with Crippen LogP contribution in [0.1, 0.15) is 17.2 Å². The zero-order valence-electron chi connectivity index (χ0n) is 10.6. The van der Waals surface area contributed by atoms with Crippen LogP contribution >= 0.6 is 0 Å². The topological polar surface area (TPSA) is 79.5 Å². The molecular weight excluding hydrogens is 278 g/mol. The molecule has 0 saturated carbocycles. The number of rotatable bonds is 6.